The number of hydrogen-bond donors (Lipinski definition) is 0. The molecule has 2 heterocycles. The van der Waals surface area contributed by atoms with Gasteiger partial charge in [0.05, 0.1) is 23.3 Å². The van der Waals surface area contributed by atoms with Crippen LogP contribution in [0.5, 0.6) is 5.75 Å². The zero-order valence-electron chi connectivity index (χ0n) is 21.8. The third-order valence-electron chi connectivity index (χ3n) is 7.36. The molecule has 0 radical (unpaired) electrons. The number of likely N-dealkylation sites (N-methyl/N-ethyl adjacent to an activating group) is 1. The maximum Gasteiger partial charge on any atom is 0.257 e. The normalized spacial score (nSPS) is 25.7. The number of nitriles is 1. The van der Waals surface area contributed by atoms with Crippen molar-refractivity contribution >= 4 is 11.8 Å². The van der Waals surface area contributed by atoms with Crippen LogP contribution in [-0.2, 0) is 14.3 Å². The Labute approximate surface area is 218 Å². The Morgan fingerprint density at radius 3 is 2.51 bits per heavy atom. The van der Waals surface area contributed by atoms with Crippen molar-refractivity contribution in [3.05, 3.63) is 65.2 Å². The number of para-hydroxylation sites is 1. The summed E-state index contributed by atoms with van der Waals surface area (Å²) in [5.41, 5.74) is 1.60. The van der Waals surface area contributed by atoms with Crippen LogP contribution < -0.4 is 4.74 Å². The molecule has 4 atom stereocenters. The maximum atomic E-state index is 13.6. The van der Waals surface area contributed by atoms with Crippen LogP contribution in [0.4, 0.5) is 0 Å². The van der Waals surface area contributed by atoms with Gasteiger partial charge in [0.25, 0.3) is 5.91 Å². The Morgan fingerprint density at radius 1 is 1.00 bits per heavy atom. The number of ether oxygens (including phenoxy) is 3. The molecule has 8 heteroatoms. The molecule has 2 bridgehead atoms. The van der Waals surface area contributed by atoms with Crippen molar-refractivity contribution in [3.8, 4) is 11.8 Å². The molecule has 0 unspecified atom stereocenters. The van der Waals surface area contributed by atoms with Gasteiger partial charge in [0.2, 0.25) is 5.91 Å². The number of rotatable bonds is 2. The van der Waals surface area contributed by atoms with Crippen LogP contribution in [-0.4, -0.2) is 80.8 Å². The second kappa shape index (κ2) is 12.2. The van der Waals surface area contributed by atoms with Crippen molar-refractivity contribution in [2.45, 2.75) is 49.9 Å². The van der Waals surface area contributed by atoms with Gasteiger partial charge in [0, 0.05) is 46.6 Å². The predicted molar refractivity (Wildman–Crippen MR) is 138 cm³/mol. The average Bonchev–Trinajstić information content (AvgIpc) is 2.93. The first-order valence-corrected chi connectivity index (χ1v) is 12.8. The number of nitrogens with zero attached hydrogens (tertiary/aromatic N) is 3. The Morgan fingerprint density at radius 2 is 1.78 bits per heavy atom. The average molecular weight is 506 g/mol. The van der Waals surface area contributed by atoms with E-state index in [4.69, 9.17) is 14.2 Å². The molecule has 37 heavy (non-hydrogen) atoms. The Hall–Kier alpha value is -3.41. The fourth-order valence-electron chi connectivity index (χ4n) is 5.14. The van der Waals surface area contributed by atoms with E-state index in [1.165, 1.54) is 0 Å². The summed E-state index contributed by atoms with van der Waals surface area (Å²) in [7, 11) is 5.19. The van der Waals surface area contributed by atoms with Crippen LogP contribution in [0.3, 0.4) is 0 Å². The molecule has 0 saturated carbocycles. The molecule has 0 aliphatic carbocycles. The van der Waals surface area contributed by atoms with E-state index in [1.54, 1.807) is 42.2 Å². The first-order chi connectivity index (χ1) is 17.9. The van der Waals surface area contributed by atoms with Gasteiger partial charge in [-0.2, -0.15) is 5.26 Å². The summed E-state index contributed by atoms with van der Waals surface area (Å²) in [6, 6.07) is 16.9. The molecule has 2 aliphatic heterocycles. The summed E-state index contributed by atoms with van der Waals surface area (Å²) >= 11 is 0. The lowest BCUT2D eigenvalue weighted by molar-refractivity contribution is -0.145. The van der Waals surface area contributed by atoms with Crippen molar-refractivity contribution < 1.29 is 23.8 Å². The summed E-state index contributed by atoms with van der Waals surface area (Å²) in [4.78, 5) is 30.2. The molecule has 0 aromatic heterocycles. The minimum absolute atomic E-state index is 0.0272. The van der Waals surface area contributed by atoms with Crippen LogP contribution in [0.15, 0.2) is 48.5 Å². The standard InChI is InChI=1S/C29H35N3O5/c1-31-15-14-23-12-13-25(35-3)26(37-23)19-36-28-21(17-30)10-7-11-24(28)29(34)32(2)18-22(16-27(31)33)20-8-5-4-6-9-20/h4-11,22-23,25-26H,12-16,18-19H2,1-3H3/t22-,23-,25+,26+/m1/s1. The number of methoxy groups -OCH3 is 1. The van der Waals surface area contributed by atoms with Crippen LogP contribution in [0, 0.1) is 11.3 Å². The van der Waals surface area contributed by atoms with Gasteiger partial charge >= 0.3 is 0 Å². The van der Waals surface area contributed by atoms with Crippen molar-refractivity contribution in [2.75, 3.05) is 40.9 Å². The highest BCUT2D eigenvalue weighted by Gasteiger charge is 2.33. The fourth-order valence-corrected chi connectivity index (χ4v) is 5.14. The molecule has 1 saturated heterocycles. The molecule has 196 valence electrons. The van der Waals surface area contributed by atoms with E-state index < -0.39 is 0 Å². The topological polar surface area (TPSA) is 92.1 Å². The van der Waals surface area contributed by atoms with Gasteiger partial charge in [-0.25, -0.2) is 0 Å². The van der Waals surface area contributed by atoms with Gasteiger partial charge in [0.1, 0.15) is 24.5 Å². The molecular weight excluding hydrogens is 470 g/mol. The summed E-state index contributed by atoms with van der Waals surface area (Å²) in [5.74, 6) is -0.174. The van der Waals surface area contributed by atoms with Crippen LogP contribution in [0.2, 0.25) is 0 Å². The Bertz CT molecular complexity index is 1130. The monoisotopic (exact) mass is 505 g/mol. The zero-order chi connectivity index (χ0) is 26.4. The molecule has 1 fully saturated rings. The minimum Gasteiger partial charge on any atom is -0.489 e. The number of amides is 2. The van der Waals surface area contributed by atoms with E-state index >= 15 is 0 Å². The number of hydrogen-bond acceptors (Lipinski definition) is 6. The highest BCUT2D eigenvalue weighted by molar-refractivity contribution is 5.97. The molecule has 8 nitrogen and oxygen atoms in total. The van der Waals surface area contributed by atoms with Gasteiger partial charge in [-0.3, -0.25) is 9.59 Å². The predicted octanol–water partition coefficient (Wildman–Crippen LogP) is 3.61. The lowest BCUT2D eigenvalue weighted by Gasteiger charge is -2.36. The molecule has 2 aliphatic rings. The fraction of sp³-hybridized carbons (Fsp3) is 0.483. The molecule has 2 aromatic carbocycles. The molecule has 2 aromatic rings. The van der Waals surface area contributed by atoms with Gasteiger partial charge in [-0.1, -0.05) is 36.4 Å². The first-order valence-electron chi connectivity index (χ1n) is 12.8. The van der Waals surface area contributed by atoms with Gasteiger partial charge in [-0.15, -0.1) is 0 Å². The summed E-state index contributed by atoms with van der Waals surface area (Å²) < 4.78 is 18.1. The third kappa shape index (κ3) is 6.30. The van der Waals surface area contributed by atoms with Crippen molar-refractivity contribution in [1.82, 2.24) is 9.80 Å². The van der Waals surface area contributed by atoms with Crippen LogP contribution in [0.1, 0.15) is 53.1 Å². The van der Waals surface area contributed by atoms with Crippen molar-refractivity contribution in [2.24, 2.45) is 0 Å². The van der Waals surface area contributed by atoms with E-state index in [0.717, 1.165) is 18.4 Å². The van der Waals surface area contributed by atoms with E-state index in [0.29, 0.717) is 25.1 Å². The number of benzene rings is 2. The maximum absolute atomic E-state index is 13.6. The summed E-state index contributed by atoms with van der Waals surface area (Å²) in [6.07, 6.45) is 2.07. The Kier molecular flexibility index (Phi) is 8.80. The highest BCUT2D eigenvalue weighted by atomic mass is 16.6. The lowest BCUT2D eigenvalue weighted by Crippen LogP contribution is -2.45. The van der Waals surface area contributed by atoms with Crippen molar-refractivity contribution in [1.29, 1.82) is 5.26 Å². The van der Waals surface area contributed by atoms with Crippen LogP contribution in [0.25, 0.3) is 0 Å². The highest BCUT2D eigenvalue weighted by Crippen LogP contribution is 2.30. The molecule has 2 amide bonds. The first kappa shape index (κ1) is 26.6. The third-order valence-corrected chi connectivity index (χ3v) is 7.36. The quantitative estimate of drug-likeness (QED) is 0.619. The van der Waals surface area contributed by atoms with Crippen LogP contribution >= 0.6 is 0 Å². The van der Waals surface area contributed by atoms with E-state index in [2.05, 4.69) is 6.07 Å². The van der Waals surface area contributed by atoms with E-state index in [1.807, 2.05) is 37.4 Å². The van der Waals surface area contributed by atoms with Gasteiger partial charge < -0.3 is 24.0 Å². The molecule has 0 spiro atoms. The summed E-state index contributed by atoms with van der Waals surface area (Å²) in [5, 5.41) is 9.75. The second-order valence-corrected chi connectivity index (χ2v) is 9.85. The van der Waals surface area contributed by atoms with Gasteiger partial charge in [-0.05, 0) is 37.0 Å². The number of carbonyl (C=O) groups excluding carboxylic acids is 2. The second-order valence-electron chi connectivity index (χ2n) is 9.85. The summed E-state index contributed by atoms with van der Waals surface area (Å²) in [6.45, 7) is 1.07. The molecular formula is C29H35N3O5. The Balaban J connectivity index is 1.70. The SMILES string of the molecule is CO[C@H]1CC[C@@H]2CCN(C)C(=O)C[C@@H](c3ccccc3)CN(C)C(=O)c3cccc(C#N)c3OC[C@@H]1O2. The number of carbonyl (C=O) groups is 2. The van der Waals surface area contributed by atoms with Gasteiger partial charge in [0.15, 0.2) is 0 Å². The van der Waals surface area contributed by atoms with Crippen molar-refractivity contribution in [3.63, 3.8) is 0 Å². The number of fused-ring (bicyclic) bond motifs is 3. The smallest absolute Gasteiger partial charge is 0.257 e. The van der Waals surface area contributed by atoms with E-state index in [-0.39, 0.29) is 60.4 Å². The molecule has 0 N–H and O–H groups in total. The minimum atomic E-state index is -0.354. The lowest BCUT2D eigenvalue weighted by atomic mass is 9.94. The van der Waals surface area contributed by atoms with E-state index in [9.17, 15) is 14.9 Å². The largest absolute Gasteiger partial charge is 0.489 e. The molecule has 4 rings (SSSR count). The zero-order valence-corrected chi connectivity index (χ0v) is 21.8.